The van der Waals surface area contributed by atoms with E-state index in [-0.39, 0.29) is 11.3 Å². The van der Waals surface area contributed by atoms with Gasteiger partial charge >= 0.3 is 0 Å². The van der Waals surface area contributed by atoms with E-state index in [2.05, 4.69) is 0 Å². The van der Waals surface area contributed by atoms with Gasteiger partial charge in [0.1, 0.15) is 11.9 Å². The van der Waals surface area contributed by atoms with E-state index in [1.807, 2.05) is 0 Å². The zero-order valence-electron chi connectivity index (χ0n) is 10.7. The molecule has 2 aromatic rings. The summed E-state index contributed by atoms with van der Waals surface area (Å²) in [5.41, 5.74) is 0.0200. The summed E-state index contributed by atoms with van der Waals surface area (Å²) in [6.45, 7) is 2.06. The van der Waals surface area contributed by atoms with Crippen molar-refractivity contribution in [2.45, 2.75) is 6.92 Å². The Hall–Kier alpha value is -2.48. The fraction of sp³-hybridized carbons (Fsp3) is 0.133. The van der Waals surface area contributed by atoms with E-state index in [9.17, 15) is 13.2 Å². The number of hydrogen-bond acceptors (Lipinski definition) is 2. The number of rotatable bonds is 3. The first-order valence-corrected chi connectivity index (χ1v) is 5.99. The van der Waals surface area contributed by atoms with Crippen molar-refractivity contribution in [2.24, 2.45) is 0 Å². The minimum Gasteiger partial charge on any atom is -0.339 e. The summed E-state index contributed by atoms with van der Waals surface area (Å²) in [6, 6.07) is 9.69. The summed E-state index contributed by atoms with van der Waals surface area (Å²) in [4.78, 5) is 1.43. The molecule has 20 heavy (non-hydrogen) atoms. The fourth-order valence-corrected chi connectivity index (χ4v) is 1.97. The first-order valence-electron chi connectivity index (χ1n) is 5.99. The van der Waals surface area contributed by atoms with Gasteiger partial charge in [-0.05, 0) is 37.3 Å². The van der Waals surface area contributed by atoms with Crippen LogP contribution in [0.25, 0.3) is 0 Å². The van der Waals surface area contributed by atoms with Crippen LogP contribution < -0.4 is 4.90 Å². The van der Waals surface area contributed by atoms with Crippen LogP contribution >= 0.6 is 0 Å². The molecule has 0 heterocycles. The van der Waals surface area contributed by atoms with E-state index in [0.717, 1.165) is 0 Å². The molecule has 0 aromatic heterocycles. The van der Waals surface area contributed by atoms with Gasteiger partial charge in [0, 0.05) is 12.2 Å². The Balaban J connectivity index is 2.54. The second kappa shape index (κ2) is 5.66. The maximum atomic E-state index is 14.0. The third-order valence-electron chi connectivity index (χ3n) is 2.91. The predicted octanol–water partition coefficient (Wildman–Crippen LogP) is 4.13. The lowest BCUT2D eigenvalue weighted by atomic mass is 10.1. The van der Waals surface area contributed by atoms with Gasteiger partial charge in [0.05, 0.1) is 11.3 Å². The molecule has 0 aliphatic rings. The van der Waals surface area contributed by atoms with Crippen LogP contribution in [0, 0.1) is 28.8 Å². The molecule has 0 aliphatic heterocycles. The molecule has 0 aliphatic carbocycles. The molecule has 0 saturated heterocycles. The zero-order chi connectivity index (χ0) is 14.7. The second-order valence-electron chi connectivity index (χ2n) is 4.10. The molecule has 0 bridgehead atoms. The topological polar surface area (TPSA) is 27.0 Å². The number of halogens is 3. The van der Waals surface area contributed by atoms with Crippen LogP contribution in [-0.4, -0.2) is 6.54 Å². The maximum Gasteiger partial charge on any atom is 0.183 e. The first kappa shape index (κ1) is 13.9. The van der Waals surface area contributed by atoms with Crippen LogP contribution in [0.1, 0.15) is 12.5 Å². The Kier molecular flexibility index (Phi) is 3.94. The van der Waals surface area contributed by atoms with Gasteiger partial charge in [-0.2, -0.15) is 5.26 Å². The molecule has 0 amide bonds. The average molecular weight is 276 g/mol. The van der Waals surface area contributed by atoms with Crippen molar-refractivity contribution in [1.29, 1.82) is 5.26 Å². The Morgan fingerprint density at radius 3 is 2.45 bits per heavy atom. The van der Waals surface area contributed by atoms with Crippen molar-refractivity contribution >= 4 is 11.4 Å². The second-order valence-corrected chi connectivity index (χ2v) is 4.10. The molecule has 0 radical (unpaired) electrons. The number of hydrogen-bond donors (Lipinski definition) is 0. The molecule has 0 atom stereocenters. The molecule has 0 fully saturated rings. The molecule has 2 aromatic carbocycles. The van der Waals surface area contributed by atoms with Gasteiger partial charge in [0.25, 0.3) is 0 Å². The third-order valence-corrected chi connectivity index (χ3v) is 2.91. The molecule has 0 spiro atoms. The van der Waals surface area contributed by atoms with Crippen LogP contribution in [0.15, 0.2) is 36.4 Å². The van der Waals surface area contributed by atoms with Gasteiger partial charge in [-0.15, -0.1) is 0 Å². The van der Waals surface area contributed by atoms with Crippen molar-refractivity contribution in [2.75, 3.05) is 11.4 Å². The van der Waals surface area contributed by atoms with Gasteiger partial charge in [0.15, 0.2) is 11.6 Å². The number of nitrogens with zero attached hydrogens (tertiary/aromatic N) is 2. The van der Waals surface area contributed by atoms with Gasteiger partial charge in [-0.1, -0.05) is 6.07 Å². The Morgan fingerprint density at radius 1 is 1.10 bits per heavy atom. The molecule has 0 saturated carbocycles. The zero-order valence-corrected chi connectivity index (χ0v) is 10.7. The van der Waals surface area contributed by atoms with Gasteiger partial charge in [0.2, 0.25) is 0 Å². The Bertz CT molecular complexity index is 677. The molecular weight excluding hydrogens is 265 g/mol. The summed E-state index contributed by atoms with van der Waals surface area (Å²) < 4.78 is 40.9. The van der Waals surface area contributed by atoms with Crippen LogP contribution in [0.4, 0.5) is 24.5 Å². The number of benzene rings is 2. The van der Waals surface area contributed by atoms with Gasteiger partial charge in [-0.3, -0.25) is 0 Å². The molecule has 2 nitrogen and oxygen atoms in total. The smallest absolute Gasteiger partial charge is 0.183 e. The fourth-order valence-electron chi connectivity index (χ4n) is 1.97. The Morgan fingerprint density at radius 2 is 1.85 bits per heavy atom. The van der Waals surface area contributed by atoms with Crippen LogP contribution in [0.5, 0.6) is 0 Å². The van der Waals surface area contributed by atoms with Crippen molar-refractivity contribution in [3.63, 3.8) is 0 Å². The highest BCUT2D eigenvalue weighted by molar-refractivity contribution is 5.64. The minimum absolute atomic E-state index is 0.0328. The summed E-state index contributed by atoms with van der Waals surface area (Å²) in [6.07, 6.45) is 0. The van der Waals surface area contributed by atoms with E-state index >= 15 is 0 Å². The minimum atomic E-state index is -1.19. The van der Waals surface area contributed by atoms with E-state index in [1.165, 1.54) is 35.2 Å². The highest BCUT2D eigenvalue weighted by Gasteiger charge is 2.18. The SMILES string of the molecule is CCN(c1cccc(F)c1)c1ccc(C#N)c(F)c1F. The third kappa shape index (κ3) is 2.45. The highest BCUT2D eigenvalue weighted by Crippen LogP contribution is 2.30. The number of anilines is 2. The van der Waals surface area contributed by atoms with Crippen molar-refractivity contribution in [3.05, 3.63) is 59.4 Å². The van der Waals surface area contributed by atoms with E-state index in [0.29, 0.717) is 12.2 Å². The monoisotopic (exact) mass is 276 g/mol. The summed E-state index contributed by atoms with van der Waals surface area (Å²) >= 11 is 0. The predicted molar refractivity (Wildman–Crippen MR) is 70.2 cm³/mol. The lowest BCUT2D eigenvalue weighted by Crippen LogP contribution is -2.18. The quantitative estimate of drug-likeness (QED) is 0.842. The lowest BCUT2D eigenvalue weighted by molar-refractivity contribution is 0.506. The van der Waals surface area contributed by atoms with E-state index in [1.54, 1.807) is 19.1 Å². The largest absolute Gasteiger partial charge is 0.339 e. The number of nitriles is 1. The maximum absolute atomic E-state index is 14.0. The highest BCUT2D eigenvalue weighted by atomic mass is 19.2. The molecule has 5 heteroatoms. The lowest BCUT2D eigenvalue weighted by Gasteiger charge is -2.24. The average Bonchev–Trinajstić information content (AvgIpc) is 2.44. The summed E-state index contributed by atoms with van der Waals surface area (Å²) in [5.74, 6) is -2.77. The van der Waals surface area contributed by atoms with E-state index < -0.39 is 17.5 Å². The normalized spacial score (nSPS) is 10.2. The molecule has 2 rings (SSSR count). The molecular formula is C15H11F3N2. The molecule has 0 unspecified atom stereocenters. The van der Waals surface area contributed by atoms with Crippen molar-refractivity contribution in [3.8, 4) is 6.07 Å². The summed E-state index contributed by atoms with van der Waals surface area (Å²) in [5, 5.41) is 8.66. The molecule has 0 N–H and O–H groups in total. The van der Waals surface area contributed by atoms with Gasteiger partial charge in [-0.25, -0.2) is 13.2 Å². The van der Waals surface area contributed by atoms with Gasteiger partial charge < -0.3 is 4.90 Å². The van der Waals surface area contributed by atoms with Crippen LogP contribution in [-0.2, 0) is 0 Å². The van der Waals surface area contributed by atoms with Crippen molar-refractivity contribution < 1.29 is 13.2 Å². The summed E-state index contributed by atoms with van der Waals surface area (Å²) in [7, 11) is 0. The van der Waals surface area contributed by atoms with Crippen LogP contribution in [0.3, 0.4) is 0 Å². The Labute approximate surface area is 114 Å². The van der Waals surface area contributed by atoms with E-state index in [4.69, 9.17) is 5.26 Å². The first-order chi connectivity index (χ1) is 9.58. The molecule has 102 valence electrons. The standard InChI is InChI=1S/C15H11F3N2/c1-2-20(12-5-3-4-11(16)8-12)13-7-6-10(9-19)14(17)15(13)18/h3-8H,2H2,1H3. The van der Waals surface area contributed by atoms with Crippen molar-refractivity contribution in [1.82, 2.24) is 0 Å². The van der Waals surface area contributed by atoms with Crippen LogP contribution in [0.2, 0.25) is 0 Å².